The number of anilines is 1. The molecule has 2 aromatic carbocycles. The van der Waals surface area contributed by atoms with E-state index in [4.69, 9.17) is 10.8 Å². The van der Waals surface area contributed by atoms with Crippen molar-refractivity contribution >= 4 is 22.6 Å². The zero-order valence-corrected chi connectivity index (χ0v) is 18.3. The number of rotatable bonds is 1. The molecule has 0 atom stereocenters. The number of carboxylic acids is 1. The third-order valence-corrected chi connectivity index (χ3v) is 4.80. The zero-order valence-electron chi connectivity index (χ0n) is 18.3. The van der Waals surface area contributed by atoms with Crippen LogP contribution in [0.15, 0.2) is 47.4 Å². The number of benzene rings is 2. The van der Waals surface area contributed by atoms with Crippen LogP contribution in [0.2, 0.25) is 0 Å². The van der Waals surface area contributed by atoms with Crippen LogP contribution in [-0.4, -0.2) is 21.2 Å². The topological polar surface area (TPSA) is 116 Å². The van der Waals surface area contributed by atoms with E-state index in [2.05, 4.69) is 46.5 Å². The number of aromatic nitrogens is 1. The molecule has 0 saturated carbocycles. The molecular weight excluding hydrogens is 380 g/mol. The van der Waals surface area contributed by atoms with Gasteiger partial charge in [0.05, 0.1) is 0 Å². The standard InChI is InChI=1S/C14H23NO.C10H7NO3/c1-13(2,3)9-7-10(14(4,5)6)12(16)8-11(9)15;12-9-6-3-1-2-4-8(6)11-5-7(9)10(13)14/h7-8,16H,15H2,1-6H3;1-5H,(H,11,12)(H,13,14). The van der Waals surface area contributed by atoms with Crippen LogP contribution in [0.5, 0.6) is 5.75 Å². The van der Waals surface area contributed by atoms with E-state index in [1.54, 1.807) is 30.3 Å². The second kappa shape index (κ2) is 8.22. The van der Waals surface area contributed by atoms with Gasteiger partial charge >= 0.3 is 5.97 Å². The van der Waals surface area contributed by atoms with Gasteiger partial charge in [-0.05, 0) is 40.2 Å². The lowest BCUT2D eigenvalue weighted by atomic mass is 9.79. The van der Waals surface area contributed by atoms with Crippen molar-refractivity contribution in [1.82, 2.24) is 4.98 Å². The third kappa shape index (κ3) is 5.00. The Bertz CT molecular complexity index is 1100. The van der Waals surface area contributed by atoms with E-state index in [0.29, 0.717) is 16.6 Å². The number of aromatic hydroxyl groups is 1. The Balaban J connectivity index is 0.000000215. The molecule has 5 N–H and O–H groups in total. The Hall–Kier alpha value is -3.28. The van der Waals surface area contributed by atoms with Crippen LogP contribution in [0.4, 0.5) is 5.69 Å². The first-order chi connectivity index (χ1) is 13.7. The number of carboxylic acid groups (broad SMARTS) is 1. The highest BCUT2D eigenvalue weighted by Gasteiger charge is 2.24. The summed E-state index contributed by atoms with van der Waals surface area (Å²) in [5.41, 5.74) is 8.55. The summed E-state index contributed by atoms with van der Waals surface area (Å²) in [6.07, 6.45) is 1.22. The Morgan fingerprint density at radius 1 is 0.967 bits per heavy atom. The smallest absolute Gasteiger partial charge is 0.341 e. The molecule has 0 fully saturated rings. The molecule has 0 radical (unpaired) electrons. The third-order valence-electron chi connectivity index (χ3n) is 4.80. The fraction of sp³-hybridized carbons (Fsp3) is 0.333. The molecule has 0 spiro atoms. The Kier molecular flexibility index (Phi) is 6.30. The van der Waals surface area contributed by atoms with Gasteiger partial charge in [-0.3, -0.25) is 4.79 Å². The maximum absolute atomic E-state index is 11.6. The Labute approximate surface area is 176 Å². The summed E-state index contributed by atoms with van der Waals surface area (Å²) in [5.74, 6) is -0.921. The van der Waals surface area contributed by atoms with Gasteiger partial charge in [0, 0.05) is 28.9 Å². The van der Waals surface area contributed by atoms with Crippen molar-refractivity contribution in [3.8, 4) is 5.75 Å². The van der Waals surface area contributed by atoms with Crippen molar-refractivity contribution in [2.75, 3.05) is 5.73 Å². The quantitative estimate of drug-likeness (QED) is 0.430. The van der Waals surface area contributed by atoms with Crippen LogP contribution in [0.3, 0.4) is 0 Å². The molecule has 0 bridgehead atoms. The van der Waals surface area contributed by atoms with Gasteiger partial charge in [0.1, 0.15) is 11.3 Å². The predicted octanol–water partition coefficient (Wildman–Crippen LogP) is 4.80. The van der Waals surface area contributed by atoms with Gasteiger partial charge in [0.2, 0.25) is 5.43 Å². The number of nitrogens with two attached hydrogens (primary N) is 1. The van der Waals surface area contributed by atoms with E-state index in [1.165, 1.54) is 6.20 Å². The number of carbonyl (C=O) groups is 1. The second-order valence-electron chi connectivity index (χ2n) is 9.34. The number of nitrogen functional groups attached to an aromatic ring is 1. The van der Waals surface area contributed by atoms with Gasteiger partial charge < -0.3 is 20.9 Å². The van der Waals surface area contributed by atoms with Crippen molar-refractivity contribution in [2.45, 2.75) is 52.4 Å². The normalized spacial score (nSPS) is 11.7. The van der Waals surface area contributed by atoms with Crippen molar-refractivity contribution < 1.29 is 15.0 Å². The number of aromatic amines is 1. The lowest BCUT2D eigenvalue weighted by Gasteiger charge is -2.27. The molecule has 6 heteroatoms. The number of hydrogen-bond acceptors (Lipinski definition) is 4. The molecule has 1 heterocycles. The average molecular weight is 411 g/mol. The van der Waals surface area contributed by atoms with Crippen LogP contribution < -0.4 is 11.2 Å². The van der Waals surface area contributed by atoms with Gasteiger partial charge in [0.15, 0.2) is 0 Å². The summed E-state index contributed by atoms with van der Waals surface area (Å²) in [6, 6.07) is 10.5. The number of pyridine rings is 1. The minimum absolute atomic E-state index is 0.00220. The predicted molar refractivity (Wildman–Crippen MR) is 121 cm³/mol. The first kappa shape index (κ1) is 23.0. The van der Waals surface area contributed by atoms with Crippen LogP contribution in [0, 0.1) is 0 Å². The number of para-hydroxylation sites is 1. The van der Waals surface area contributed by atoms with E-state index in [0.717, 1.165) is 11.1 Å². The maximum Gasteiger partial charge on any atom is 0.341 e. The number of phenols is 1. The molecule has 160 valence electrons. The Morgan fingerprint density at radius 2 is 1.53 bits per heavy atom. The minimum Gasteiger partial charge on any atom is -0.508 e. The Morgan fingerprint density at radius 3 is 2.07 bits per heavy atom. The summed E-state index contributed by atoms with van der Waals surface area (Å²) >= 11 is 0. The minimum atomic E-state index is -1.21. The highest BCUT2D eigenvalue weighted by atomic mass is 16.4. The lowest BCUT2D eigenvalue weighted by Crippen LogP contribution is -2.18. The molecule has 0 aliphatic carbocycles. The van der Waals surface area contributed by atoms with Gasteiger partial charge in [-0.25, -0.2) is 4.79 Å². The molecule has 0 amide bonds. The van der Waals surface area contributed by atoms with Gasteiger partial charge in [0.25, 0.3) is 0 Å². The van der Waals surface area contributed by atoms with Gasteiger partial charge in [-0.1, -0.05) is 53.7 Å². The lowest BCUT2D eigenvalue weighted by molar-refractivity contribution is 0.0695. The number of H-pyrrole nitrogens is 1. The second-order valence-corrected chi connectivity index (χ2v) is 9.34. The molecular formula is C24H30N2O4. The average Bonchev–Trinajstić information content (AvgIpc) is 2.60. The molecule has 0 saturated heterocycles. The van der Waals surface area contributed by atoms with Crippen molar-refractivity contribution in [3.05, 3.63) is 69.5 Å². The molecule has 6 nitrogen and oxygen atoms in total. The number of hydrogen-bond donors (Lipinski definition) is 4. The van der Waals surface area contributed by atoms with Crippen molar-refractivity contribution in [1.29, 1.82) is 0 Å². The summed E-state index contributed by atoms with van der Waals surface area (Å²) in [4.78, 5) is 25.0. The first-order valence-corrected chi connectivity index (χ1v) is 9.70. The van der Waals surface area contributed by atoms with Crippen LogP contribution in [0.25, 0.3) is 10.9 Å². The summed E-state index contributed by atoms with van der Waals surface area (Å²) < 4.78 is 0. The molecule has 0 aliphatic rings. The molecule has 3 aromatic rings. The van der Waals surface area contributed by atoms with Gasteiger partial charge in [-0.15, -0.1) is 0 Å². The summed E-state index contributed by atoms with van der Waals surface area (Å²) in [6.45, 7) is 12.6. The van der Waals surface area contributed by atoms with E-state index < -0.39 is 11.4 Å². The number of aromatic carboxylic acids is 1. The number of phenolic OH excluding ortho intramolecular Hbond substituents is 1. The molecule has 1 aromatic heterocycles. The molecule has 30 heavy (non-hydrogen) atoms. The monoisotopic (exact) mass is 410 g/mol. The first-order valence-electron chi connectivity index (χ1n) is 9.70. The molecule has 3 rings (SSSR count). The highest BCUT2D eigenvalue weighted by molar-refractivity contribution is 5.92. The van der Waals surface area contributed by atoms with Crippen LogP contribution in [-0.2, 0) is 10.8 Å². The van der Waals surface area contributed by atoms with E-state index in [9.17, 15) is 14.7 Å². The van der Waals surface area contributed by atoms with Crippen molar-refractivity contribution in [3.63, 3.8) is 0 Å². The fourth-order valence-corrected chi connectivity index (χ4v) is 3.18. The number of nitrogens with one attached hydrogen (secondary N) is 1. The van der Waals surface area contributed by atoms with Crippen molar-refractivity contribution in [2.24, 2.45) is 0 Å². The highest BCUT2D eigenvalue weighted by Crippen LogP contribution is 2.38. The summed E-state index contributed by atoms with van der Waals surface area (Å²) in [5, 5.41) is 19.0. The zero-order chi connectivity index (χ0) is 22.9. The largest absolute Gasteiger partial charge is 0.508 e. The fourth-order valence-electron chi connectivity index (χ4n) is 3.18. The van der Waals surface area contributed by atoms with Crippen LogP contribution >= 0.6 is 0 Å². The van der Waals surface area contributed by atoms with E-state index in [1.807, 2.05) is 6.07 Å². The van der Waals surface area contributed by atoms with Gasteiger partial charge in [-0.2, -0.15) is 0 Å². The number of fused-ring (bicyclic) bond motifs is 1. The van der Waals surface area contributed by atoms with E-state index >= 15 is 0 Å². The maximum atomic E-state index is 11.6. The van der Waals surface area contributed by atoms with Crippen LogP contribution in [0.1, 0.15) is 63.0 Å². The molecule has 0 unspecified atom stereocenters. The molecule has 0 aliphatic heterocycles. The van der Waals surface area contributed by atoms with E-state index in [-0.39, 0.29) is 22.1 Å². The SMILES string of the molecule is CC(C)(C)c1cc(C(C)(C)C)c(O)cc1N.O=C(O)c1c[nH]c2ccccc2c1=O. The summed E-state index contributed by atoms with van der Waals surface area (Å²) in [7, 11) is 0.